The van der Waals surface area contributed by atoms with Crippen molar-refractivity contribution in [2.45, 2.75) is 12.5 Å². The lowest BCUT2D eigenvalue weighted by atomic mass is 10.1. The molecule has 1 atom stereocenters. The first-order valence-corrected chi connectivity index (χ1v) is 6.80. The molecule has 1 aliphatic heterocycles. The van der Waals surface area contributed by atoms with Gasteiger partial charge in [-0.15, -0.1) is 0 Å². The Labute approximate surface area is 126 Å². The van der Waals surface area contributed by atoms with Crippen molar-refractivity contribution in [1.29, 1.82) is 0 Å². The molecule has 0 radical (unpaired) electrons. The van der Waals surface area contributed by atoms with Gasteiger partial charge in [0.1, 0.15) is 11.9 Å². The number of urea groups is 1. The quantitative estimate of drug-likeness (QED) is 0.892. The number of nitrogens with zero attached hydrogens (tertiary/aromatic N) is 1. The molecule has 3 amide bonds. The van der Waals surface area contributed by atoms with Gasteiger partial charge in [0, 0.05) is 12.1 Å². The predicted octanol–water partition coefficient (Wildman–Crippen LogP) is 2.27. The van der Waals surface area contributed by atoms with Crippen molar-refractivity contribution in [1.82, 2.24) is 0 Å². The van der Waals surface area contributed by atoms with E-state index in [0.717, 1.165) is 5.56 Å². The van der Waals surface area contributed by atoms with Crippen LogP contribution < -0.4 is 16.0 Å². The van der Waals surface area contributed by atoms with Crippen LogP contribution in [0.2, 0.25) is 0 Å². The second kappa shape index (κ2) is 5.48. The minimum absolute atomic E-state index is 0.0556. The molecule has 1 heterocycles. The number of anilines is 2. The van der Waals surface area contributed by atoms with E-state index < -0.39 is 23.8 Å². The van der Waals surface area contributed by atoms with Gasteiger partial charge < -0.3 is 11.1 Å². The average molecular weight is 299 g/mol. The van der Waals surface area contributed by atoms with Crippen LogP contribution in [0.5, 0.6) is 0 Å². The van der Waals surface area contributed by atoms with Crippen molar-refractivity contribution >= 4 is 23.3 Å². The molecule has 3 N–H and O–H groups in total. The first kappa shape index (κ1) is 14.1. The molecular formula is C16H14FN3O2. The summed E-state index contributed by atoms with van der Waals surface area (Å²) >= 11 is 0. The van der Waals surface area contributed by atoms with Gasteiger partial charge in [-0.25, -0.2) is 9.18 Å². The van der Waals surface area contributed by atoms with Gasteiger partial charge in [-0.3, -0.25) is 9.69 Å². The number of rotatable bonds is 2. The van der Waals surface area contributed by atoms with Crippen LogP contribution in [0.15, 0.2) is 48.5 Å². The van der Waals surface area contributed by atoms with Crippen molar-refractivity contribution < 1.29 is 14.0 Å². The van der Waals surface area contributed by atoms with Crippen LogP contribution in [-0.2, 0) is 11.2 Å². The fraction of sp³-hybridized carbons (Fsp3) is 0.125. The largest absolute Gasteiger partial charge is 0.368 e. The third kappa shape index (κ3) is 2.39. The highest BCUT2D eigenvalue weighted by Gasteiger charge is 2.37. The molecule has 2 aromatic rings. The minimum Gasteiger partial charge on any atom is -0.368 e. The number of halogens is 1. The van der Waals surface area contributed by atoms with Crippen LogP contribution in [-0.4, -0.2) is 18.0 Å². The molecule has 0 spiro atoms. The molecule has 22 heavy (non-hydrogen) atoms. The summed E-state index contributed by atoms with van der Waals surface area (Å²) in [7, 11) is 0. The Balaban J connectivity index is 1.92. The Bertz CT molecular complexity index is 748. The molecule has 0 saturated heterocycles. The normalized spacial score (nSPS) is 16.2. The zero-order valence-electron chi connectivity index (χ0n) is 11.6. The van der Waals surface area contributed by atoms with Gasteiger partial charge in [0.2, 0.25) is 5.91 Å². The summed E-state index contributed by atoms with van der Waals surface area (Å²) in [5, 5.41) is 2.48. The van der Waals surface area contributed by atoms with Gasteiger partial charge in [0.25, 0.3) is 0 Å². The van der Waals surface area contributed by atoms with Gasteiger partial charge in [-0.05, 0) is 23.8 Å². The Morgan fingerprint density at radius 2 is 1.82 bits per heavy atom. The molecule has 1 aliphatic rings. The number of amides is 3. The number of benzene rings is 2. The van der Waals surface area contributed by atoms with E-state index in [4.69, 9.17) is 5.73 Å². The van der Waals surface area contributed by atoms with Crippen LogP contribution in [0.25, 0.3) is 0 Å². The number of carbonyl (C=O) groups is 2. The van der Waals surface area contributed by atoms with Crippen molar-refractivity contribution in [2.24, 2.45) is 5.73 Å². The number of nitrogens with two attached hydrogens (primary N) is 1. The van der Waals surface area contributed by atoms with Crippen molar-refractivity contribution in [3.8, 4) is 0 Å². The standard InChI is InChI=1S/C16H14FN3O2/c17-11-6-2-3-7-12(11)19-16(22)20-13-8-4-1-5-10(13)9-14(20)15(18)21/h1-8,14H,9H2,(H2,18,21)(H,19,22)/t14-/m1/s1. The number of carbonyl (C=O) groups excluding carboxylic acids is 2. The Kier molecular flexibility index (Phi) is 3.50. The van der Waals surface area contributed by atoms with Crippen LogP contribution in [0.3, 0.4) is 0 Å². The van der Waals surface area contributed by atoms with E-state index >= 15 is 0 Å². The molecule has 2 aromatic carbocycles. The average Bonchev–Trinajstić information content (AvgIpc) is 2.89. The Morgan fingerprint density at radius 1 is 1.14 bits per heavy atom. The monoisotopic (exact) mass is 299 g/mol. The van der Waals surface area contributed by atoms with E-state index in [0.29, 0.717) is 12.1 Å². The fourth-order valence-corrected chi connectivity index (χ4v) is 2.60. The molecule has 112 valence electrons. The first-order chi connectivity index (χ1) is 10.6. The maximum atomic E-state index is 13.7. The van der Waals surface area contributed by atoms with Gasteiger partial charge >= 0.3 is 6.03 Å². The van der Waals surface area contributed by atoms with E-state index in [1.54, 1.807) is 18.2 Å². The second-order valence-corrected chi connectivity index (χ2v) is 5.03. The molecule has 0 saturated carbocycles. The summed E-state index contributed by atoms with van der Waals surface area (Å²) < 4.78 is 13.7. The molecule has 3 rings (SSSR count). The predicted molar refractivity (Wildman–Crippen MR) is 81.0 cm³/mol. The molecule has 6 heteroatoms. The highest BCUT2D eigenvalue weighted by molar-refractivity contribution is 6.08. The van der Waals surface area contributed by atoms with Gasteiger partial charge in [0.15, 0.2) is 0 Å². The molecule has 0 unspecified atom stereocenters. The number of para-hydroxylation sites is 2. The summed E-state index contributed by atoms with van der Waals surface area (Å²) in [5.74, 6) is -1.14. The number of hydrogen-bond donors (Lipinski definition) is 2. The topological polar surface area (TPSA) is 75.4 Å². The summed E-state index contributed by atoms with van der Waals surface area (Å²) in [6, 6.07) is 11.7. The summed E-state index contributed by atoms with van der Waals surface area (Å²) in [4.78, 5) is 25.4. The lowest BCUT2D eigenvalue weighted by Crippen LogP contribution is -2.47. The van der Waals surface area contributed by atoms with Crippen molar-refractivity contribution in [3.63, 3.8) is 0 Å². The highest BCUT2D eigenvalue weighted by Crippen LogP contribution is 2.32. The third-order valence-corrected chi connectivity index (χ3v) is 3.64. The van der Waals surface area contributed by atoms with Crippen LogP contribution >= 0.6 is 0 Å². The molecule has 5 nitrogen and oxygen atoms in total. The molecule has 0 fully saturated rings. The van der Waals surface area contributed by atoms with E-state index in [1.165, 1.54) is 23.1 Å². The lowest BCUT2D eigenvalue weighted by molar-refractivity contribution is -0.119. The minimum atomic E-state index is -0.774. The molecule has 0 aliphatic carbocycles. The summed E-state index contributed by atoms with van der Waals surface area (Å²) in [5.41, 5.74) is 6.92. The van der Waals surface area contributed by atoms with Crippen LogP contribution in [0.4, 0.5) is 20.6 Å². The van der Waals surface area contributed by atoms with Crippen LogP contribution in [0.1, 0.15) is 5.56 Å². The third-order valence-electron chi connectivity index (χ3n) is 3.64. The Morgan fingerprint density at radius 3 is 2.55 bits per heavy atom. The maximum Gasteiger partial charge on any atom is 0.327 e. The number of fused-ring (bicyclic) bond motifs is 1. The number of nitrogens with one attached hydrogen (secondary N) is 1. The van der Waals surface area contributed by atoms with E-state index in [2.05, 4.69) is 5.32 Å². The van der Waals surface area contributed by atoms with Crippen molar-refractivity contribution in [2.75, 3.05) is 10.2 Å². The fourth-order valence-electron chi connectivity index (χ4n) is 2.60. The highest BCUT2D eigenvalue weighted by atomic mass is 19.1. The van der Waals surface area contributed by atoms with E-state index in [9.17, 15) is 14.0 Å². The van der Waals surface area contributed by atoms with Crippen LogP contribution in [0, 0.1) is 5.82 Å². The van der Waals surface area contributed by atoms with Crippen molar-refractivity contribution in [3.05, 3.63) is 59.9 Å². The van der Waals surface area contributed by atoms with Gasteiger partial charge in [0.05, 0.1) is 5.69 Å². The SMILES string of the molecule is NC(=O)[C@H]1Cc2ccccc2N1C(=O)Nc1ccccc1F. The second-order valence-electron chi connectivity index (χ2n) is 5.03. The number of hydrogen-bond acceptors (Lipinski definition) is 2. The number of primary amides is 1. The first-order valence-electron chi connectivity index (χ1n) is 6.80. The van der Waals surface area contributed by atoms with Gasteiger partial charge in [-0.1, -0.05) is 30.3 Å². The van der Waals surface area contributed by atoms with E-state index in [-0.39, 0.29) is 5.69 Å². The summed E-state index contributed by atoms with van der Waals surface area (Å²) in [6.45, 7) is 0. The lowest BCUT2D eigenvalue weighted by Gasteiger charge is -2.23. The molecular weight excluding hydrogens is 285 g/mol. The summed E-state index contributed by atoms with van der Waals surface area (Å²) in [6.07, 6.45) is 0.357. The molecule has 0 aromatic heterocycles. The maximum absolute atomic E-state index is 13.7. The zero-order chi connectivity index (χ0) is 15.7. The van der Waals surface area contributed by atoms with Gasteiger partial charge in [-0.2, -0.15) is 0 Å². The zero-order valence-corrected chi connectivity index (χ0v) is 11.6. The smallest absolute Gasteiger partial charge is 0.327 e. The van der Waals surface area contributed by atoms with E-state index in [1.807, 2.05) is 12.1 Å². The Hall–Kier alpha value is -2.89. The molecule has 0 bridgehead atoms.